The molecule has 0 aromatic heterocycles. The predicted octanol–water partition coefficient (Wildman–Crippen LogP) is 4.44. The highest BCUT2D eigenvalue weighted by atomic mass is 16.6. The van der Waals surface area contributed by atoms with Crippen LogP contribution in [0.5, 0.6) is 0 Å². The summed E-state index contributed by atoms with van der Waals surface area (Å²) in [4.78, 5) is 27.6. The lowest BCUT2D eigenvalue weighted by atomic mass is 9.80. The van der Waals surface area contributed by atoms with Gasteiger partial charge in [-0.2, -0.15) is 0 Å². The zero-order valence-corrected chi connectivity index (χ0v) is 19.2. The number of hydrogen-bond donors (Lipinski definition) is 0. The molecule has 2 rings (SSSR count). The van der Waals surface area contributed by atoms with Gasteiger partial charge >= 0.3 is 5.97 Å². The van der Waals surface area contributed by atoms with E-state index in [-0.39, 0.29) is 42.1 Å². The maximum atomic E-state index is 13.8. The van der Waals surface area contributed by atoms with Gasteiger partial charge in [0.15, 0.2) is 0 Å². The van der Waals surface area contributed by atoms with Crippen molar-refractivity contribution in [1.82, 2.24) is 4.90 Å². The van der Waals surface area contributed by atoms with Crippen LogP contribution >= 0.6 is 0 Å². The van der Waals surface area contributed by atoms with E-state index in [4.69, 9.17) is 9.47 Å². The molecular weight excluding hydrogens is 366 g/mol. The fourth-order valence-corrected chi connectivity index (χ4v) is 4.71. The molecule has 5 nitrogen and oxygen atoms in total. The molecule has 0 bridgehead atoms. The molecule has 1 aliphatic rings. The topological polar surface area (TPSA) is 55.8 Å². The van der Waals surface area contributed by atoms with Crippen LogP contribution in [0.25, 0.3) is 0 Å². The van der Waals surface area contributed by atoms with E-state index in [2.05, 4.69) is 39.8 Å². The Balaban J connectivity index is 2.35. The molecule has 0 saturated carbocycles. The van der Waals surface area contributed by atoms with E-state index in [0.29, 0.717) is 0 Å². The van der Waals surface area contributed by atoms with Crippen LogP contribution in [-0.4, -0.2) is 41.3 Å². The molecule has 0 radical (unpaired) electrons. The molecule has 29 heavy (non-hydrogen) atoms. The molecule has 3 atom stereocenters. The first-order chi connectivity index (χ1) is 13.4. The summed E-state index contributed by atoms with van der Waals surface area (Å²) in [6.07, 6.45) is 0.960. The fourth-order valence-electron chi connectivity index (χ4n) is 4.71. The zero-order chi connectivity index (χ0) is 22.0. The molecular formula is C24H37NO4. The number of esters is 1. The Bertz CT molecular complexity index is 711. The molecule has 162 valence electrons. The molecule has 0 aliphatic carbocycles. The first-order valence-electron chi connectivity index (χ1n) is 10.5. The Morgan fingerprint density at radius 2 is 1.69 bits per heavy atom. The molecule has 5 heteroatoms. The van der Waals surface area contributed by atoms with Crippen LogP contribution < -0.4 is 0 Å². The molecule has 1 amide bonds. The predicted molar refractivity (Wildman–Crippen MR) is 114 cm³/mol. The Labute approximate surface area is 175 Å². The van der Waals surface area contributed by atoms with Crippen LogP contribution in [0.3, 0.4) is 0 Å². The lowest BCUT2D eigenvalue weighted by Crippen LogP contribution is -2.53. The van der Waals surface area contributed by atoms with E-state index in [0.717, 1.165) is 6.42 Å². The van der Waals surface area contributed by atoms with Gasteiger partial charge in [0.1, 0.15) is 5.72 Å². The van der Waals surface area contributed by atoms with Crippen molar-refractivity contribution in [3.8, 4) is 0 Å². The number of methoxy groups -OCH3 is 1. The molecule has 1 saturated heterocycles. The molecule has 1 aromatic rings. The fraction of sp³-hybridized carbons (Fsp3) is 0.667. The highest BCUT2D eigenvalue weighted by molar-refractivity contribution is 5.81. The van der Waals surface area contributed by atoms with Gasteiger partial charge in [0.25, 0.3) is 0 Å². The standard InChI is InChI=1S/C24H37NO4/c1-16(2)19(15-21(26)28-8)17(3)22(27)25-20(14-18-12-10-9-11-13-18)23(4,5)29-24(25,6)7/h9-13,16-17,19-20H,14-15H2,1-8H3/t17-,19+,20+/m1/s1. The summed E-state index contributed by atoms with van der Waals surface area (Å²) in [5, 5.41) is 0. The summed E-state index contributed by atoms with van der Waals surface area (Å²) in [5.74, 6) is -0.471. The van der Waals surface area contributed by atoms with Gasteiger partial charge in [-0.25, -0.2) is 0 Å². The van der Waals surface area contributed by atoms with Crippen molar-refractivity contribution in [3.63, 3.8) is 0 Å². The number of hydrogen-bond acceptors (Lipinski definition) is 4. The molecule has 0 spiro atoms. The number of amides is 1. The normalized spacial score (nSPS) is 22.4. The second-order valence-corrected chi connectivity index (χ2v) is 9.54. The van der Waals surface area contributed by atoms with Crippen molar-refractivity contribution in [1.29, 1.82) is 0 Å². The number of rotatable bonds is 7. The van der Waals surface area contributed by atoms with E-state index < -0.39 is 11.3 Å². The third-order valence-corrected chi connectivity index (χ3v) is 6.23. The lowest BCUT2D eigenvalue weighted by Gasteiger charge is -2.38. The van der Waals surface area contributed by atoms with Crippen molar-refractivity contribution in [2.75, 3.05) is 7.11 Å². The maximum Gasteiger partial charge on any atom is 0.305 e. The summed E-state index contributed by atoms with van der Waals surface area (Å²) in [7, 11) is 1.39. The van der Waals surface area contributed by atoms with E-state index >= 15 is 0 Å². The first kappa shape index (κ1) is 23.4. The quantitative estimate of drug-likeness (QED) is 0.632. The van der Waals surface area contributed by atoms with Crippen molar-refractivity contribution < 1.29 is 19.1 Å². The molecule has 0 unspecified atom stereocenters. The van der Waals surface area contributed by atoms with Crippen LogP contribution in [0.4, 0.5) is 0 Å². The molecule has 1 aliphatic heterocycles. The average molecular weight is 404 g/mol. The maximum absolute atomic E-state index is 13.8. The SMILES string of the molecule is COC(=O)C[C@@H](C(C)C)[C@@H](C)C(=O)N1[C@@H](Cc2ccccc2)C(C)(C)OC1(C)C. The van der Waals surface area contributed by atoms with Crippen molar-refractivity contribution in [2.45, 2.75) is 78.7 Å². The van der Waals surface area contributed by atoms with Crippen LogP contribution in [0, 0.1) is 17.8 Å². The number of carbonyl (C=O) groups excluding carboxylic acids is 2. The summed E-state index contributed by atoms with van der Waals surface area (Å²) < 4.78 is 11.2. The third kappa shape index (κ3) is 5.19. The second kappa shape index (κ2) is 8.86. The van der Waals surface area contributed by atoms with Gasteiger partial charge in [-0.1, -0.05) is 51.1 Å². The summed E-state index contributed by atoms with van der Waals surface area (Å²) in [5.41, 5.74) is -0.0295. The van der Waals surface area contributed by atoms with Crippen LogP contribution in [0.1, 0.15) is 60.5 Å². The molecule has 1 fully saturated rings. The van der Waals surface area contributed by atoms with Crippen LogP contribution in [0.2, 0.25) is 0 Å². The van der Waals surface area contributed by atoms with Crippen molar-refractivity contribution >= 4 is 11.9 Å². The van der Waals surface area contributed by atoms with E-state index in [1.165, 1.54) is 12.7 Å². The van der Waals surface area contributed by atoms with Gasteiger partial charge in [0.2, 0.25) is 5.91 Å². The second-order valence-electron chi connectivity index (χ2n) is 9.54. The van der Waals surface area contributed by atoms with E-state index in [9.17, 15) is 9.59 Å². The summed E-state index contributed by atoms with van der Waals surface area (Å²) in [6, 6.07) is 10.1. The Morgan fingerprint density at radius 1 is 1.10 bits per heavy atom. The Kier molecular flexibility index (Phi) is 7.15. The zero-order valence-electron chi connectivity index (χ0n) is 19.2. The summed E-state index contributed by atoms with van der Waals surface area (Å²) >= 11 is 0. The highest BCUT2D eigenvalue weighted by Crippen LogP contribution is 2.42. The average Bonchev–Trinajstić information content (AvgIpc) is 2.82. The van der Waals surface area contributed by atoms with Crippen LogP contribution in [-0.2, 0) is 25.5 Å². The van der Waals surface area contributed by atoms with Gasteiger partial charge in [-0.3, -0.25) is 9.59 Å². The summed E-state index contributed by atoms with van der Waals surface area (Å²) in [6.45, 7) is 14.0. The van der Waals surface area contributed by atoms with E-state index in [1.54, 1.807) is 0 Å². The highest BCUT2D eigenvalue weighted by Gasteiger charge is 2.55. The third-order valence-electron chi connectivity index (χ3n) is 6.23. The first-order valence-corrected chi connectivity index (χ1v) is 10.5. The number of nitrogens with zero attached hydrogens (tertiary/aromatic N) is 1. The van der Waals surface area contributed by atoms with Gasteiger partial charge in [0, 0.05) is 12.3 Å². The van der Waals surface area contributed by atoms with E-state index in [1.807, 2.05) is 43.9 Å². The molecule has 0 N–H and O–H groups in total. The number of carbonyl (C=O) groups is 2. The van der Waals surface area contributed by atoms with Gasteiger partial charge in [-0.05, 0) is 51.5 Å². The largest absolute Gasteiger partial charge is 0.469 e. The monoisotopic (exact) mass is 403 g/mol. The smallest absolute Gasteiger partial charge is 0.305 e. The van der Waals surface area contributed by atoms with Gasteiger partial charge in [0.05, 0.1) is 18.8 Å². The minimum Gasteiger partial charge on any atom is -0.469 e. The molecule has 1 heterocycles. The van der Waals surface area contributed by atoms with Crippen molar-refractivity contribution in [2.24, 2.45) is 17.8 Å². The Hall–Kier alpha value is -1.88. The number of ether oxygens (including phenoxy) is 2. The van der Waals surface area contributed by atoms with Crippen molar-refractivity contribution in [3.05, 3.63) is 35.9 Å². The minimum absolute atomic E-state index is 0.0316. The number of benzene rings is 1. The lowest BCUT2D eigenvalue weighted by molar-refractivity contribution is -0.156. The van der Waals surface area contributed by atoms with Gasteiger partial charge < -0.3 is 14.4 Å². The minimum atomic E-state index is -0.721. The van der Waals surface area contributed by atoms with Gasteiger partial charge in [-0.15, -0.1) is 0 Å². The molecule has 1 aromatic carbocycles. The van der Waals surface area contributed by atoms with Crippen LogP contribution in [0.15, 0.2) is 30.3 Å². The Morgan fingerprint density at radius 3 is 2.21 bits per heavy atom.